The standard InChI is InChI=1S/C19H32N2O2/c20-17(22)19(13-7-8-14-19)18(23)21(15-9-3-1-4-10-15)16-11-5-2-6-12-16/h15-16H,1-14H2,(H2,20,22). The molecule has 4 nitrogen and oxygen atoms in total. The molecule has 0 aliphatic heterocycles. The van der Waals surface area contributed by atoms with Crippen LogP contribution in [0.4, 0.5) is 0 Å². The molecule has 4 heteroatoms. The summed E-state index contributed by atoms with van der Waals surface area (Å²) in [5, 5.41) is 0. The van der Waals surface area contributed by atoms with E-state index in [0.717, 1.165) is 38.5 Å². The second-order valence-corrected chi connectivity index (χ2v) is 7.95. The van der Waals surface area contributed by atoms with E-state index in [2.05, 4.69) is 4.90 Å². The molecule has 3 saturated carbocycles. The smallest absolute Gasteiger partial charge is 0.238 e. The van der Waals surface area contributed by atoms with Crippen molar-refractivity contribution in [2.75, 3.05) is 0 Å². The molecular weight excluding hydrogens is 288 g/mol. The molecule has 0 aromatic rings. The zero-order valence-electron chi connectivity index (χ0n) is 14.4. The zero-order valence-corrected chi connectivity index (χ0v) is 14.4. The highest BCUT2D eigenvalue weighted by atomic mass is 16.2. The largest absolute Gasteiger partial charge is 0.369 e. The summed E-state index contributed by atoms with van der Waals surface area (Å²) in [5.41, 5.74) is 4.85. The van der Waals surface area contributed by atoms with Crippen LogP contribution in [0.15, 0.2) is 0 Å². The molecule has 0 heterocycles. The van der Waals surface area contributed by atoms with Crippen molar-refractivity contribution in [1.82, 2.24) is 4.90 Å². The monoisotopic (exact) mass is 320 g/mol. The van der Waals surface area contributed by atoms with Crippen LogP contribution in [0.25, 0.3) is 0 Å². The van der Waals surface area contributed by atoms with Gasteiger partial charge in [0.15, 0.2) is 0 Å². The van der Waals surface area contributed by atoms with Gasteiger partial charge in [-0.1, -0.05) is 51.4 Å². The summed E-state index contributed by atoms with van der Waals surface area (Å²) in [6.07, 6.45) is 15.1. The fourth-order valence-corrected chi connectivity index (χ4v) is 5.14. The number of nitrogens with two attached hydrogens (primary N) is 1. The average Bonchev–Trinajstić information content (AvgIpc) is 3.08. The lowest BCUT2D eigenvalue weighted by Gasteiger charge is -2.45. The van der Waals surface area contributed by atoms with Gasteiger partial charge in [0.1, 0.15) is 5.41 Å². The lowest BCUT2D eigenvalue weighted by Crippen LogP contribution is -2.57. The molecule has 0 spiro atoms. The molecule has 2 amide bonds. The van der Waals surface area contributed by atoms with Crippen LogP contribution >= 0.6 is 0 Å². The molecule has 0 unspecified atom stereocenters. The molecule has 130 valence electrons. The summed E-state index contributed by atoms with van der Waals surface area (Å²) in [4.78, 5) is 27.9. The average molecular weight is 320 g/mol. The minimum Gasteiger partial charge on any atom is -0.369 e. The highest BCUT2D eigenvalue weighted by Crippen LogP contribution is 2.42. The molecule has 0 aromatic heterocycles. The lowest BCUT2D eigenvalue weighted by molar-refractivity contribution is -0.154. The number of carbonyl (C=O) groups excluding carboxylic acids is 2. The third kappa shape index (κ3) is 3.27. The van der Waals surface area contributed by atoms with Crippen molar-refractivity contribution in [2.45, 2.75) is 102 Å². The Balaban J connectivity index is 1.86. The molecule has 3 fully saturated rings. The third-order valence-electron chi connectivity index (χ3n) is 6.51. The molecule has 0 saturated heterocycles. The first kappa shape index (κ1) is 16.8. The van der Waals surface area contributed by atoms with Gasteiger partial charge in [0, 0.05) is 12.1 Å². The van der Waals surface area contributed by atoms with Crippen LogP contribution in [0.3, 0.4) is 0 Å². The highest BCUT2D eigenvalue weighted by molar-refractivity contribution is 6.04. The number of primary amides is 1. The molecule has 3 aliphatic carbocycles. The normalized spacial score (nSPS) is 26.1. The zero-order chi connectivity index (χ0) is 16.3. The van der Waals surface area contributed by atoms with E-state index >= 15 is 0 Å². The van der Waals surface area contributed by atoms with Crippen molar-refractivity contribution in [3.05, 3.63) is 0 Å². The van der Waals surface area contributed by atoms with Crippen LogP contribution in [0.1, 0.15) is 89.9 Å². The van der Waals surface area contributed by atoms with Gasteiger partial charge in [-0.25, -0.2) is 0 Å². The van der Waals surface area contributed by atoms with Crippen molar-refractivity contribution in [2.24, 2.45) is 11.1 Å². The number of amides is 2. The molecular formula is C19H32N2O2. The number of carbonyl (C=O) groups is 2. The lowest BCUT2D eigenvalue weighted by atomic mass is 9.80. The fourth-order valence-electron chi connectivity index (χ4n) is 5.14. The molecule has 0 atom stereocenters. The van der Waals surface area contributed by atoms with E-state index in [1.807, 2.05) is 0 Å². The van der Waals surface area contributed by atoms with Gasteiger partial charge in [-0.05, 0) is 38.5 Å². The van der Waals surface area contributed by atoms with Crippen LogP contribution in [-0.4, -0.2) is 28.8 Å². The Kier molecular flexibility index (Phi) is 5.27. The molecule has 3 aliphatic rings. The molecule has 0 aromatic carbocycles. The van der Waals surface area contributed by atoms with Crippen LogP contribution in [0.2, 0.25) is 0 Å². The fraction of sp³-hybridized carbons (Fsp3) is 0.895. The minimum atomic E-state index is -0.894. The first-order valence-electron chi connectivity index (χ1n) is 9.78. The second-order valence-electron chi connectivity index (χ2n) is 7.95. The van der Waals surface area contributed by atoms with Crippen molar-refractivity contribution < 1.29 is 9.59 Å². The number of hydrogen-bond acceptors (Lipinski definition) is 2. The predicted molar refractivity (Wildman–Crippen MR) is 90.7 cm³/mol. The van der Waals surface area contributed by atoms with Gasteiger partial charge < -0.3 is 10.6 Å². The van der Waals surface area contributed by atoms with Crippen molar-refractivity contribution in [3.8, 4) is 0 Å². The Morgan fingerprint density at radius 2 is 1.17 bits per heavy atom. The summed E-state index contributed by atoms with van der Waals surface area (Å²) in [7, 11) is 0. The van der Waals surface area contributed by atoms with Crippen molar-refractivity contribution in [1.29, 1.82) is 0 Å². The van der Waals surface area contributed by atoms with E-state index in [9.17, 15) is 9.59 Å². The summed E-state index contributed by atoms with van der Waals surface area (Å²) in [5.74, 6) is -0.294. The predicted octanol–water partition coefficient (Wildman–Crippen LogP) is 3.53. The van der Waals surface area contributed by atoms with Crippen molar-refractivity contribution in [3.63, 3.8) is 0 Å². The maximum absolute atomic E-state index is 13.5. The molecule has 0 radical (unpaired) electrons. The third-order valence-corrected chi connectivity index (χ3v) is 6.51. The Bertz CT molecular complexity index is 413. The van der Waals surface area contributed by atoms with E-state index in [4.69, 9.17) is 5.73 Å². The quantitative estimate of drug-likeness (QED) is 0.805. The van der Waals surface area contributed by atoms with Gasteiger partial charge in [0.05, 0.1) is 0 Å². The Morgan fingerprint density at radius 3 is 1.57 bits per heavy atom. The van der Waals surface area contributed by atoms with Gasteiger partial charge in [0.25, 0.3) is 0 Å². The molecule has 3 rings (SSSR count). The minimum absolute atomic E-state index is 0.0845. The first-order chi connectivity index (χ1) is 11.1. The molecule has 23 heavy (non-hydrogen) atoms. The number of hydrogen-bond donors (Lipinski definition) is 1. The van der Waals surface area contributed by atoms with Crippen molar-refractivity contribution >= 4 is 11.8 Å². The Labute approximate surface area is 140 Å². The Hall–Kier alpha value is -1.06. The SMILES string of the molecule is NC(=O)C1(C(=O)N(C2CCCCC2)C2CCCCC2)CCCC1. The van der Waals surface area contributed by atoms with Gasteiger partial charge in [-0.3, -0.25) is 9.59 Å². The van der Waals surface area contributed by atoms with E-state index < -0.39 is 5.41 Å². The first-order valence-corrected chi connectivity index (χ1v) is 9.78. The molecule has 0 bridgehead atoms. The highest BCUT2D eigenvalue weighted by Gasteiger charge is 2.51. The summed E-state index contributed by atoms with van der Waals surface area (Å²) in [6, 6.07) is 0.687. The number of rotatable bonds is 4. The van der Waals surface area contributed by atoms with E-state index in [1.165, 1.54) is 38.5 Å². The topological polar surface area (TPSA) is 63.4 Å². The van der Waals surface area contributed by atoms with E-state index in [1.54, 1.807) is 0 Å². The maximum Gasteiger partial charge on any atom is 0.238 e. The Morgan fingerprint density at radius 1 is 0.739 bits per heavy atom. The van der Waals surface area contributed by atoms with Gasteiger partial charge in [-0.2, -0.15) is 0 Å². The van der Waals surface area contributed by atoms with Gasteiger partial charge in [0.2, 0.25) is 11.8 Å². The summed E-state index contributed by atoms with van der Waals surface area (Å²) >= 11 is 0. The second kappa shape index (κ2) is 7.23. The molecule has 2 N–H and O–H groups in total. The summed E-state index contributed by atoms with van der Waals surface area (Å²) < 4.78 is 0. The van der Waals surface area contributed by atoms with Crippen LogP contribution in [0, 0.1) is 5.41 Å². The van der Waals surface area contributed by atoms with Crippen LogP contribution in [-0.2, 0) is 9.59 Å². The van der Waals surface area contributed by atoms with E-state index in [0.29, 0.717) is 24.9 Å². The van der Waals surface area contributed by atoms with Crippen LogP contribution in [0.5, 0.6) is 0 Å². The van der Waals surface area contributed by atoms with Gasteiger partial charge in [-0.15, -0.1) is 0 Å². The van der Waals surface area contributed by atoms with Gasteiger partial charge >= 0.3 is 0 Å². The maximum atomic E-state index is 13.5. The summed E-state index contributed by atoms with van der Waals surface area (Å²) in [6.45, 7) is 0. The van der Waals surface area contributed by atoms with Crippen LogP contribution < -0.4 is 5.73 Å². The van der Waals surface area contributed by atoms with E-state index in [-0.39, 0.29) is 11.8 Å². The number of nitrogens with zero attached hydrogens (tertiary/aromatic N) is 1.